The van der Waals surface area contributed by atoms with Gasteiger partial charge in [0.1, 0.15) is 0 Å². The van der Waals surface area contributed by atoms with E-state index in [1.807, 2.05) is 0 Å². The Bertz CT molecular complexity index is 1850. The molecule has 63 heavy (non-hydrogen) atoms. The maximum atomic E-state index is 3.00. The molecule has 0 bridgehead atoms. The monoisotopic (exact) mass is 1070 g/mol. The van der Waals surface area contributed by atoms with Crippen LogP contribution in [0.25, 0.3) is 0 Å². The fraction of sp³-hybridized carbons (Fsp3) is 0.107. The molecule has 0 aliphatic rings. The molecule has 0 amide bonds. The second-order valence-electron chi connectivity index (χ2n) is 14.4. The van der Waals surface area contributed by atoms with Crippen LogP contribution in [0, 0.1) is 12.3 Å². The Morgan fingerprint density at radius 2 is 0.460 bits per heavy atom. The summed E-state index contributed by atoms with van der Waals surface area (Å²) in [5.74, 6) is 0. The van der Waals surface area contributed by atoms with Gasteiger partial charge >= 0.3 is 39.3 Å². The van der Waals surface area contributed by atoms with E-state index in [0.717, 1.165) is 12.8 Å². The summed E-state index contributed by atoms with van der Waals surface area (Å²) in [5, 5.41) is 11.7. The van der Waals surface area contributed by atoms with E-state index in [0.29, 0.717) is 0 Å². The van der Waals surface area contributed by atoms with E-state index in [1.165, 1.54) is 78.5 Å². The zero-order valence-electron chi connectivity index (χ0n) is 35.4. The van der Waals surface area contributed by atoms with Gasteiger partial charge in [-0.3, -0.25) is 12.3 Å². The third kappa shape index (κ3) is 16.7. The summed E-state index contributed by atoms with van der Waals surface area (Å²) in [6.45, 7) is 0. The Balaban J connectivity index is 0.000000198. The number of unbranched alkanes of at least 4 members (excludes halogenated alkanes) is 2. The van der Waals surface area contributed by atoms with Crippen LogP contribution < -0.4 is 42.4 Å². The van der Waals surface area contributed by atoms with Crippen molar-refractivity contribution in [3.63, 3.8) is 0 Å². The van der Waals surface area contributed by atoms with Gasteiger partial charge < -0.3 is 0 Å². The Morgan fingerprint density at radius 1 is 0.286 bits per heavy atom. The molecule has 0 saturated heterocycles. The zero-order chi connectivity index (χ0) is 43.6. The predicted molar refractivity (Wildman–Crippen MR) is 291 cm³/mol. The Labute approximate surface area is 403 Å². The van der Waals surface area contributed by atoms with Gasteiger partial charge in [0.05, 0.1) is 0 Å². The molecule has 322 valence electrons. The fourth-order valence-corrected chi connectivity index (χ4v) is 16.3. The van der Waals surface area contributed by atoms with Crippen molar-refractivity contribution in [1.29, 1.82) is 0 Å². The maximum Gasteiger partial charge on any atom is -0.0195 e. The summed E-state index contributed by atoms with van der Waals surface area (Å²) in [7, 11) is -0.172. The van der Waals surface area contributed by atoms with Gasteiger partial charge in [-0.25, -0.2) is 15.8 Å². The molecular formula is C56H54Br2NiP4. The van der Waals surface area contributed by atoms with Crippen LogP contribution in [-0.2, 0) is 10.9 Å². The van der Waals surface area contributed by atoms with E-state index in [1.54, 1.807) is 0 Å². The van der Waals surface area contributed by atoms with Gasteiger partial charge in [0, 0.05) is 0 Å². The fourth-order valence-electron chi connectivity index (χ4n) is 7.26. The molecule has 0 aromatic heterocycles. The van der Waals surface area contributed by atoms with Gasteiger partial charge in [-0.2, -0.15) is 12.8 Å². The molecule has 8 aromatic rings. The average Bonchev–Trinajstić information content (AvgIpc) is 3.36. The largest absolute Gasteiger partial charge is 0.294 e. The van der Waals surface area contributed by atoms with E-state index in [4.69, 9.17) is 0 Å². The molecule has 0 aliphatic heterocycles. The summed E-state index contributed by atoms with van der Waals surface area (Å²) in [5.41, 5.74) is 0. The number of hydrogen-bond acceptors (Lipinski definition) is 0. The summed E-state index contributed by atoms with van der Waals surface area (Å²) in [6.07, 6.45) is 12.3. The first-order chi connectivity index (χ1) is 31.2. The summed E-state index contributed by atoms with van der Waals surface area (Å²) in [6, 6.07) is 88.1. The number of halogens is 2. The van der Waals surface area contributed by atoms with Gasteiger partial charge in [0.2, 0.25) is 0 Å². The van der Waals surface area contributed by atoms with Crippen LogP contribution in [0.5, 0.6) is 0 Å². The van der Waals surface area contributed by atoms with Crippen molar-refractivity contribution in [2.24, 2.45) is 0 Å². The molecule has 0 fully saturated rings. The van der Waals surface area contributed by atoms with Crippen molar-refractivity contribution in [3.05, 3.63) is 255 Å². The molecule has 0 saturated carbocycles. The maximum absolute atomic E-state index is 3.00. The van der Waals surface area contributed by atoms with Crippen molar-refractivity contribution in [2.75, 3.05) is 12.3 Å². The molecule has 8 aromatic carbocycles. The molecule has 8 rings (SSSR count). The number of hydrogen-bond donors (Lipinski definition) is 0. The third-order valence-corrected chi connectivity index (χ3v) is 20.1. The first-order valence-corrected chi connectivity index (χ1v) is 32.0. The minimum atomic E-state index is -0.408. The van der Waals surface area contributed by atoms with Crippen LogP contribution in [0.1, 0.15) is 25.7 Å². The first kappa shape index (κ1) is 49.4. The van der Waals surface area contributed by atoms with E-state index < -0.39 is 15.8 Å². The van der Waals surface area contributed by atoms with Gasteiger partial charge in [0.25, 0.3) is 0 Å². The second kappa shape index (κ2) is 29.5. The van der Waals surface area contributed by atoms with Crippen LogP contribution in [0.4, 0.5) is 0 Å². The molecule has 0 aliphatic carbocycles. The Morgan fingerprint density at radius 3 is 0.651 bits per heavy atom. The van der Waals surface area contributed by atoms with Crippen LogP contribution in [0.3, 0.4) is 0 Å². The van der Waals surface area contributed by atoms with Gasteiger partial charge in [-0.05, 0) is 49.4 Å². The van der Waals surface area contributed by atoms with Crippen molar-refractivity contribution >= 4 is 103 Å². The van der Waals surface area contributed by atoms with E-state index in [-0.39, 0.29) is 15.8 Å². The topological polar surface area (TPSA) is 0 Å². The molecule has 0 atom stereocenters. The Kier molecular flexibility index (Phi) is 23.1. The summed E-state index contributed by atoms with van der Waals surface area (Å²) in [4.78, 5) is 0. The molecule has 0 spiro atoms. The normalized spacial score (nSPS) is 11.0. The quantitative estimate of drug-likeness (QED) is 0.0348. The molecule has 0 nitrogen and oxygen atoms in total. The van der Waals surface area contributed by atoms with E-state index in [2.05, 4.69) is 283 Å². The van der Waals surface area contributed by atoms with Gasteiger partial charge in [-0.1, -0.05) is 277 Å². The smallest absolute Gasteiger partial charge is 0.0195 e. The average molecular weight is 1070 g/mol. The molecule has 0 radical (unpaired) electrons. The number of rotatable bonds is 18. The van der Waals surface area contributed by atoms with Crippen LogP contribution in [-0.4, -0.2) is 12.3 Å². The molecule has 0 unspecified atom stereocenters. The van der Waals surface area contributed by atoms with Crippen molar-refractivity contribution in [2.45, 2.75) is 25.7 Å². The molecular weight excluding hydrogens is 1020 g/mol. The predicted octanol–water partition coefficient (Wildman–Crippen LogP) is 14.1. The van der Waals surface area contributed by atoms with Crippen molar-refractivity contribution in [1.82, 2.24) is 0 Å². The molecule has 7 heteroatoms. The minimum Gasteiger partial charge on any atom is -0.294 e. The standard InChI is InChI=1S/2C28H27P2.2BrH.Ni/c2*1-5-15-25(16-6-1)29(26-17-7-2-8-18-26)23-13-14-24-30(27-19-9-3-10-20-27)28-21-11-4-12-22-28;;;/h2*1-12,15-23H,13-14,24H2;2*1H;/q2*-1;;;+4/p-2. The third-order valence-electron chi connectivity index (χ3n) is 10.2. The Hall–Kier alpha value is -3.07. The van der Waals surface area contributed by atoms with Gasteiger partial charge in [0.15, 0.2) is 0 Å². The number of benzene rings is 8. The van der Waals surface area contributed by atoms with Gasteiger partial charge in [-0.15, -0.1) is 0 Å². The van der Waals surface area contributed by atoms with E-state index >= 15 is 0 Å². The van der Waals surface area contributed by atoms with Crippen LogP contribution >= 0.6 is 60.1 Å². The van der Waals surface area contributed by atoms with Crippen molar-refractivity contribution < 1.29 is 10.9 Å². The molecule has 0 heterocycles. The van der Waals surface area contributed by atoms with Crippen molar-refractivity contribution in [3.8, 4) is 0 Å². The van der Waals surface area contributed by atoms with Crippen LogP contribution in [0.15, 0.2) is 243 Å². The first-order valence-electron chi connectivity index (χ1n) is 21.3. The molecule has 0 N–H and O–H groups in total. The SMILES string of the molecule is [Br][Ni+2][Br].c1ccc(P([CH-]CCCP(c2ccccc2)c2ccccc2)c2ccccc2)cc1.c1ccc(P([CH-]CCCP(c2ccccc2)c2ccccc2)c2ccccc2)cc1. The summed E-state index contributed by atoms with van der Waals surface area (Å²) >= 11 is 6.00. The second-order valence-corrected chi connectivity index (χ2v) is 28.4. The van der Waals surface area contributed by atoms with E-state index in [9.17, 15) is 0 Å². The van der Waals surface area contributed by atoms with Crippen LogP contribution in [0.2, 0.25) is 0 Å². The zero-order valence-corrected chi connectivity index (χ0v) is 43.1. The summed E-state index contributed by atoms with van der Waals surface area (Å²) < 4.78 is 0. The minimum absolute atomic E-state index is 0.303.